The number of amides is 2. The zero-order chi connectivity index (χ0) is 15.4. The molecule has 0 fully saturated rings. The zero-order valence-electron chi connectivity index (χ0n) is 12.3. The average Bonchev–Trinajstić information content (AvgIpc) is 3.00. The van der Waals surface area contributed by atoms with Crippen LogP contribution in [0.15, 0.2) is 49.2 Å². The molecule has 2 amide bonds. The molecule has 0 atom stereocenters. The van der Waals surface area contributed by atoms with Crippen LogP contribution < -0.4 is 10.6 Å². The minimum atomic E-state index is -0.246. The predicted molar refractivity (Wildman–Crippen MR) is 85.8 cm³/mol. The van der Waals surface area contributed by atoms with E-state index in [2.05, 4.69) is 26.7 Å². The lowest BCUT2D eigenvalue weighted by Gasteiger charge is -2.09. The third-order valence-corrected chi connectivity index (χ3v) is 3.35. The first-order chi connectivity index (χ1) is 10.8. The molecular formula is C16H17N5O. The van der Waals surface area contributed by atoms with Crippen LogP contribution in [0.4, 0.5) is 10.6 Å². The Kier molecular flexibility index (Phi) is 4.00. The van der Waals surface area contributed by atoms with Crippen molar-refractivity contribution in [3.8, 4) is 0 Å². The molecule has 2 aromatic heterocycles. The molecule has 0 radical (unpaired) electrons. The van der Waals surface area contributed by atoms with E-state index in [9.17, 15) is 4.79 Å². The summed E-state index contributed by atoms with van der Waals surface area (Å²) in [6, 6.07) is 7.72. The molecule has 0 aliphatic rings. The number of imidazole rings is 1. The van der Waals surface area contributed by atoms with Gasteiger partial charge in [-0.15, -0.1) is 0 Å². The summed E-state index contributed by atoms with van der Waals surface area (Å²) in [6.07, 6.45) is 7.27. The molecule has 2 N–H and O–H groups in total. The highest BCUT2D eigenvalue weighted by Gasteiger charge is 2.06. The van der Waals surface area contributed by atoms with Gasteiger partial charge in [0.2, 0.25) is 0 Å². The number of hydrogen-bond acceptors (Lipinski definition) is 3. The van der Waals surface area contributed by atoms with Crippen LogP contribution in [0.5, 0.6) is 0 Å². The molecule has 6 heteroatoms. The van der Waals surface area contributed by atoms with E-state index in [0.29, 0.717) is 12.4 Å². The number of pyridine rings is 1. The van der Waals surface area contributed by atoms with Gasteiger partial charge in [-0.1, -0.05) is 18.2 Å². The quantitative estimate of drug-likeness (QED) is 0.777. The summed E-state index contributed by atoms with van der Waals surface area (Å²) in [5.74, 6) is 0.540. The van der Waals surface area contributed by atoms with Gasteiger partial charge in [-0.2, -0.15) is 0 Å². The summed E-state index contributed by atoms with van der Waals surface area (Å²) in [5, 5.41) is 7.51. The number of carbonyl (C=O) groups is 1. The van der Waals surface area contributed by atoms with Gasteiger partial charge in [0.05, 0.1) is 6.33 Å². The Bertz CT molecular complexity index is 782. The minimum absolute atomic E-state index is 0.246. The molecule has 0 saturated carbocycles. The van der Waals surface area contributed by atoms with Crippen molar-refractivity contribution in [1.29, 1.82) is 0 Å². The van der Waals surface area contributed by atoms with Gasteiger partial charge >= 0.3 is 6.03 Å². The Morgan fingerprint density at radius 1 is 1.36 bits per heavy atom. The summed E-state index contributed by atoms with van der Waals surface area (Å²) < 4.78 is 2.01. The number of rotatable bonds is 4. The van der Waals surface area contributed by atoms with Crippen molar-refractivity contribution < 1.29 is 4.79 Å². The van der Waals surface area contributed by atoms with Crippen LogP contribution in [0.2, 0.25) is 0 Å². The van der Waals surface area contributed by atoms with Gasteiger partial charge in [0, 0.05) is 37.1 Å². The maximum Gasteiger partial charge on any atom is 0.320 e. The van der Waals surface area contributed by atoms with E-state index >= 15 is 0 Å². The van der Waals surface area contributed by atoms with E-state index < -0.39 is 0 Å². The van der Waals surface area contributed by atoms with Gasteiger partial charge in [-0.3, -0.25) is 5.32 Å². The molecule has 0 spiro atoms. The molecule has 0 saturated heterocycles. The van der Waals surface area contributed by atoms with Crippen molar-refractivity contribution in [2.75, 3.05) is 11.9 Å². The summed E-state index contributed by atoms with van der Waals surface area (Å²) in [7, 11) is 0. The van der Waals surface area contributed by atoms with Crippen LogP contribution >= 0.6 is 0 Å². The van der Waals surface area contributed by atoms with Crippen molar-refractivity contribution in [2.24, 2.45) is 0 Å². The number of aromatic nitrogens is 3. The number of carbonyl (C=O) groups excluding carboxylic acids is 1. The van der Waals surface area contributed by atoms with Crippen molar-refractivity contribution in [3.05, 3.63) is 54.7 Å². The van der Waals surface area contributed by atoms with Crippen molar-refractivity contribution in [2.45, 2.75) is 13.5 Å². The monoisotopic (exact) mass is 295 g/mol. The van der Waals surface area contributed by atoms with Gasteiger partial charge in [0.1, 0.15) is 5.82 Å². The van der Waals surface area contributed by atoms with Gasteiger partial charge in [-0.25, -0.2) is 14.8 Å². The maximum atomic E-state index is 11.6. The van der Waals surface area contributed by atoms with E-state index in [4.69, 9.17) is 0 Å². The molecule has 0 bridgehead atoms. The van der Waals surface area contributed by atoms with E-state index in [1.807, 2.05) is 35.9 Å². The highest BCUT2D eigenvalue weighted by atomic mass is 16.2. The smallest absolute Gasteiger partial charge is 0.320 e. The van der Waals surface area contributed by atoms with Crippen LogP contribution in [0, 0.1) is 0 Å². The summed E-state index contributed by atoms with van der Waals surface area (Å²) in [4.78, 5) is 19.9. The fourth-order valence-electron chi connectivity index (χ4n) is 2.34. The molecule has 3 rings (SSSR count). The Hall–Kier alpha value is -2.89. The first-order valence-electron chi connectivity index (χ1n) is 7.14. The SMILES string of the molecule is CCNC(=O)Nc1cc2cccc(Cn3ccnc3)c2cn1. The third kappa shape index (κ3) is 3.06. The highest BCUT2D eigenvalue weighted by molar-refractivity contribution is 5.92. The average molecular weight is 295 g/mol. The first kappa shape index (κ1) is 14.1. The van der Waals surface area contributed by atoms with Crippen LogP contribution in [-0.2, 0) is 6.54 Å². The molecular weight excluding hydrogens is 278 g/mol. The lowest BCUT2D eigenvalue weighted by atomic mass is 10.1. The third-order valence-electron chi connectivity index (χ3n) is 3.35. The van der Waals surface area contributed by atoms with Gasteiger partial charge in [0.15, 0.2) is 0 Å². The number of nitrogens with one attached hydrogen (secondary N) is 2. The number of anilines is 1. The molecule has 0 aliphatic heterocycles. The number of hydrogen-bond donors (Lipinski definition) is 2. The Balaban J connectivity index is 1.88. The Morgan fingerprint density at radius 3 is 3.05 bits per heavy atom. The lowest BCUT2D eigenvalue weighted by molar-refractivity contribution is 0.252. The van der Waals surface area contributed by atoms with E-state index in [1.54, 1.807) is 18.7 Å². The van der Waals surface area contributed by atoms with Gasteiger partial charge in [-0.05, 0) is 23.9 Å². The standard InChI is InChI=1S/C16H17N5O/c1-2-18-16(22)20-15-8-12-4-3-5-13(14(12)9-19-15)10-21-7-6-17-11-21/h3-9,11H,2,10H2,1H3,(H2,18,19,20,22). The molecule has 22 heavy (non-hydrogen) atoms. The molecule has 1 aromatic carbocycles. The first-order valence-corrected chi connectivity index (χ1v) is 7.14. The van der Waals surface area contributed by atoms with Crippen LogP contribution in [0.1, 0.15) is 12.5 Å². The fraction of sp³-hybridized carbons (Fsp3) is 0.188. The molecule has 3 aromatic rings. The molecule has 0 unspecified atom stereocenters. The molecule has 112 valence electrons. The van der Waals surface area contributed by atoms with Crippen LogP contribution in [0.3, 0.4) is 0 Å². The highest BCUT2D eigenvalue weighted by Crippen LogP contribution is 2.21. The second-order valence-electron chi connectivity index (χ2n) is 4.93. The van der Waals surface area contributed by atoms with Gasteiger partial charge in [0.25, 0.3) is 0 Å². The van der Waals surface area contributed by atoms with Crippen LogP contribution in [-0.4, -0.2) is 27.1 Å². The minimum Gasteiger partial charge on any atom is -0.338 e. The zero-order valence-corrected chi connectivity index (χ0v) is 12.3. The number of nitrogens with zero attached hydrogens (tertiary/aromatic N) is 3. The van der Waals surface area contributed by atoms with E-state index in [1.165, 1.54) is 0 Å². The molecule has 0 aliphatic carbocycles. The summed E-state index contributed by atoms with van der Waals surface area (Å²) >= 11 is 0. The Morgan fingerprint density at radius 2 is 2.27 bits per heavy atom. The topological polar surface area (TPSA) is 71.8 Å². The fourth-order valence-corrected chi connectivity index (χ4v) is 2.34. The van der Waals surface area contributed by atoms with E-state index in [0.717, 1.165) is 22.9 Å². The predicted octanol–water partition coefficient (Wildman–Crippen LogP) is 2.62. The number of urea groups is 1. The second kappa shape index (κ2) is 6.26. The van der Waals surface area contributed by atoms with Crippen molar-refractivity contribution in [3.63, 3.8) is 0 Å². The van der Waals surface area contributed by atoms with E-state index in [-0.39, 0.29) is 6.03 Å². The van der Waals surface area contributed by atoms with Crippen molar-refractivity contribution >= 4 is 22.6 Å². The number of fused-ring (bicyclic) bond motifs is 1. The Labute approximate surface area is 128 Å². The summed E-state index contributed by atoms with van der Waals surface area (Å²) in [6.45, 7) is 3.19. The van der Waals surface area contributed by atoms with Crippen LogP contribution in [0.25, 0.3) is 10.8 Å². The molecule has 6 nitrogen and oxygen atoms in total. The van der Waals surface area contributed by atoms with Crippen molar-refractivity contribution in [1.82, 2.24) is 19.9 Å². The normalized spacial score (nSPS) is 10.6. The second-order valence-corrected chi connectivity index (χ2v) is 4.93. The molecule has 2 heterocycles. The maximum absolute atomic E-state index is 11.6. The summed E-state index contributed by atoms with van der Waals surface area (Å²) in [5.41, 5.74) is 1.16. The largest absolute Gasteiger partial charge is 0.338 e. The van der Waals surface area contributed by atoms with Gasteiger partial charge < -0.3 is 9.88 Å². The lowest BCUT2D eigenvalue weighted by Crippen LogP contribution is -2.28. The number of benzene rings is 1.